The Labute approximate surface area is 153 Å². The lowest BCUT2D eigenvalue weighted by molar-refractivity contribution is 0.501. The average Bonchev–Trinajstić information content (AvgIpc) is 2.90. The Hall–Kier alpha value is -2.10. The van der Waals surface area contributed by atoms with Gasteiger partial charge in [0.15, 0.2) is 0 Å². The third kappa shape index (κ3) is 2.99. The number of fused-ring (bicyclic) bond motifs is 1. The molecule has 2 atom stereocenters. The molecular formula is C19H14BrFNO2P. The van der Waals surface area contributed by atoms with Gasteiger partial charge in [0.1, 0.15) is 17.3 Å². The van der Waals surface area contributed by atoms with E-state index in [0.717, 1.165) is 10.0 Å². The summed E-state index contributed by atoms with van der Waals surface area (Å²) in [6.07, 6.45) is 0. The lowest BCUT2D eigenvalue weighted by Gasteiger charge is -2.22. The van der Waals surface area contributed by atoms with Crippen molar-refractivity contribution in [2.24, 2.45) is 0 Å². The van der Waals surface area contributed by atoms with E-state index in [1.165, 1.54) is 12.1 Å². The van der Waals surface area contributed by atoms with Crippen molar-refractivity contribution < 1.29 is 13.5 Å². The van der Waals surface area contributed by atoms with Crippen molar-refractivity contribution in [3.63, 3.8) is 0 Å². The van der Waals surface area contributed by atoms with Gasteiger partial charge < -0.3 is 9.84 Å². The van der Waals surface area contributed by atoms with Gasteiger partial charge in [-0.1, -0.05) is 34.1 Å². The van der Waals surface area contributed by atoms with E-state index < -0.39 is 13.2 Å². The molecule has 126 valence electrons. The summed E-state index contributed by atoms with van der Waals surface area (Å²) in [6.45, 7) is 0. The highest BCUT2D eigenvalue weighted by Crippen LogP contribution is 2.65. The molecular weight excluding hydrogens is 404 g/mol. The number of benzene rings is 3. The van der Waals surface area contributed by atoms with E-state index in [9.17, 15) is 8.96 Å². The number of anilines is 1. The first-order chi connectivity index (χ1) is 12.1. The Morgan fingerprint density at radius 2 is 1.72 bits per heavy atom. The Kier molecular flexibility index (Phi) is 4.14. The first-order valence-electron chi connectivity index (χ1n) is 7.73. The van der Waals surface area contributed by atoms with Crippen molar-refractivity contribution >= 4 is 34.3 Å². The molecule has 1 heterocycles. The first kappa shape index (κ1) is 16.4. The summed E-state index contributed by atoms with van der Waals surface area (Å²) in [5, 5.41) is 3.91. The molecule has 0 bridgehead atoms. The minimum absolute atomic E-state index is 0.317. The fourth-order valence-corrected chi connectivity index (χ4v) is 5.72. The summed E-state index contributed by atoms with van der Waals surface area (Å²) in [6, 6.07) is 20.7. The van der Waals surface area contributed by atoms with Crippen molar-refractivity contribution in [2.75, 3.05) is 5.32 Å². The van der Waals surface area contributed by atoms with Crippen molar-refractivity contribution in [3.05, 3.63) is 88.6 Å². The van der Waals surface area contributed by atoms with E-state index in [-0.39, 0.29) is 5.82 Å². The average molecular weight is 418 g/mol. The minimum atomic E-state index is -3.24. The van der Waals surface area contributed by atoms with Gasteiger partial charge in [0, 0.05) is 15.7 Å². The van der Waals surface area contributed by atoms with Crippen LogP contribution in [0.2, 0.25) is 0 Å². The summed E-state index contributed by atoms with van der Waals surface area (Å²) < 4.78 is 33.8. The molecule has 4 rings (SSSR count). The second-order valence-corrected chi connectivity index (χ2v) is 9.08. The van der Waals surface area contributed by atoms with Crippen LogP contribution in [0.25, 0.3) is 0 Å². The predicted molar refractivity (Wildman–Crippen MR) is 101 cm³/mol. The molecule has 0 aliphatic carbocycles. The largest absolute Gasteiger partial charge is 0.438 e. The van der Waals surface area contributed by atoms with Crippen LogP contribution in [-0.2, 0) is 4.57 Å². The van der Waals surface area contributed by atoms with Gasteiger partial charge in [-0.25, -0.2) is 4.39 Å². The standard InChI is InChI=1S/C19H14BrFNO2P/c20-13-6-11-18-17(12-13)19(22-15-9-7-14(21)8-10-15)25(23,24-18)16-4-2-1-3-5-16/h1-12,19,22H/t19-,25?/m0/s1. The highest BCUT2D eigenvalue weighted by Gasteiger charge is 2.46. The monoisotopic (exact) mass is 417 g/mol. The molecule has 1 aliphatic rings. The van der Waals surface area contributed by atoms with Crippen molar-refractivity contribution in [3.8, 4) is 5.75 Å². The predicted octanol–water partition coefficient (Wildman–Crippen LogP) is 5.69. The fourth-order valence-electron chi connectivity index (χ4n) is 2.90. The third-order valence-electron chi connectivity index (χ3n) is 4.10. The second kappa shape index (κ2) is 6.32. The second-order valence-electron chi connectivity index (χ2n) is 5.76. The van der Waals surface area contributed by atoms with E-state index in [2.05, 4.69) is 21.2 Å². The van der Waals surface area contributed by atoms with Gasteiger partial charge in [0.25, 0.3) is 0 Å². The molecule has 1 N–H and O–H groups in total. The van der Waals surface area contributed by atoms with Gasteiger partial charge in [0.05, 0.1) is 5.30 Å². The molecule has 1 unspecified atom stereocenters. The highest BCUT2D eigenvalue weighted by atomic mass is 79.9. The fraction of sp³-hybridized carbons (Fsp3) is 0.0526. The molecule has 0 spiro atoms. The van der Waals surface area contributed by atoms with Gasteiger partial charge in [0.2, 0.25) is 0 Å². The molecule has 0 saturated carbocycles. The highest BCUT2D eigenvalue weighted by molar-refractivity contribution is 9.10. The zero-order valence-electron chi connectivity index (χ0n) is 13.0. The molecule has 0 saturated heterocycles. The van der Waals surface area contributed by atoms with Crippen LogP contribution in [0.5, 0.6) is 5.75 Å². The molecule has 6 heteroatoms. The lowest BCUT2D eigenvalue weighted by atomic mass is 10.2. The maximum Gasteiger partial charge on any atom is 0.303 e. The number of halogens is 2. The van der Waals surface area contributed by atoms with Crippen LogP contribution in [0.15, 0.2) is 77.3 Å². The van der Waals surface area contributed by atoms with Crippen LogP contribution < -0.4 is 15.1 Å². The van der Waals surface area contributed by atoms with Crippen molar-refractivity contribution in [1.82, 2.24) is 0 Å². The van der Waals surface area contributed by atoms with Crippen LogP contribution >= 0.6 is 23.3 Å². The number of hydrogen-bond donors (Lipinski definition) is 1. The molecule has 25 heavy (non-hydrogen) atoms. The first-order valence-corrected chi connectivity index (χ1v) is 10.2. The number of nitrogens with one attached hydrogen (secondary N) is 1. The molecule has 3 aromatic rings. The molecule has 3 aromatic carbocycles. The van der Waals surface area contributed by atoms with E-state index in [1.807, 2.05) is 30.3 Å². The molecule has 0 fully saturated rings. The Morgan fingerprint density at radius 3 is 2.44 bits per heavy atom. The van der Waals surface area contributed by atoms with Gasteiger partial charge in [-0.2, -0.15) is 0 Å². The quantitative estimate of drug-likeness (QED) is 0.555. The van der Waals surface area contributed by atoms with E-state index >= 15 is 0 Å². The third-order valence-corrected chi connectivity index (χ3v) is 7.17. The lowest BCUT2D eigenvalue weighted by Crippen LogP contribution is -2.16. The van der Waals surface area contributed by atoms with Gasteiger partial charge in [-0.3, -0.25) is 4.57 Å². The van der Waals surface area contributed by atoms with E-state index in [1.54, 1.807) is 30.3 Å². The van der Waals surface area contributed by atoms with Gasteiger partial charge >= 0.3 is 7.37 Å². The van der Waals surface area contributed by atoms with Crippen molar-refractivity contribution in [2.45, 2.75) is 5.78 Å². The van der Waals surface area contributed by atoms with Crippen LogP contribution in [0.4, 0.5) is 10.1 Å². The molecule has 0 aromatic heterocycles. The van der Waals surface area contributed by atoms with Gasteiger partial charge in [-0.05, 0) is 54.6 Å². The van der Waals surface area contributed by atoms with Crippen LogP contribution in [0.3, 0.4) is 0 Å². The summed E-state index contributed by atoms with van der Waals surface area (Å²) in [5.74, 6) is -0.273. The Balaban J connectivity index is 1.81. The van der Waals surface area contributed by atoms with Crippen LogP contribution in [0, 0.1) is 5.82 Å². The minimum Gasteiger partial charge on any atom is -0.438 e. The SMILES string of the molecule is O=P1(c2ccccc2)Oc2ccc(Br)cc2[C@H]1Nc1ccc(F)cc1. The van der Waals surface area contributed by atoms with Crippen molar-refractivity contribution in [1.29, 1.82) is 0 Å². The number of hydrogen-bond acceptors (Lipinski definition) is 3. The normalized spacial score (nSPS) is 21.4. The smallest absolute Gasteiger partial charge is 0.303 e. The summed E-state index contributed by atoms with van der Waals surface area (Å²) >= 11 is 3.46. The maximum absolute atomic E-state index is 13.8. The molecule has 3 nitrogen and oxygen atoms in total. The number of rotatable bonds is 3. The summed E-state index contributed by atoms with van der Waals surface area (Å²) in [7, 11) is -3.24. The zero-order valence-corrected chi connectivity index (χ0v) is 15.5. The Bertz CT molecular complexity index is 963. The molecule has 1 aliphatic heterocycles. The van der Waals surface area contributed by atoms with E-state index in [4.69, 9.17) is 4.52 Å². The topological polar surface area (TPSA) is 38.3 Å². The van der Waals surface area contributed by atoms with Crippen LogP contribution in [0.1, 0.15) is 11.3 Å². The molecule has 0 radical (unpaired) electrons. The zero-order chi connectivity index (χ0) is 17.4. The molecule has 0 amide bonds. The Morgan fingerprint density at radius 1 is 1.00 bits per heavy atom. The van der Waals surface area contributed by atoms with Gasteiger partial charge in [-0.15, -0.1) is 0 Å². The summed E-state index contributed by atoms with van der Waals surface area (Å²) in [4.78, 5) is 0. The maximum atomic E-state index is 13.8. The van der Waals surface area contributed by atoms with E-state index in [0.29, 0.717) is 16.7 Å². The summed E-state index contributed by atoms with van der Waals surface area (Å²) in [5.41, 5.74) is 1.49. The van der Waals surface area contributed by atoms with Crippen LogP contribution in [-0.4, -0.2) is 0 Å².